The molecule has 0 aliphatic heterocycles. The number of methoxy groups -OCH3 is 1. The van der Waals surface area contributed by atoms with E-state index < -0.39 is 0 Å². The molecule has 0 saturated carbocycles. The molecule has 0 unspecified atom stereocenters. The molecule has 1 nitrogen and oxygen atoms in total. The Morgan fingerprint density at radius 1 is 1.31 bits per heavy atom. The predicted molar refractivity (Wildman–Crippen MR) is 57.2 cm³/mol. The number of hydrogen-bond donors (Lipinski definition) is 0. The lowest BCUT2D eigenvalue weighted by molar-refractivity contribution is 0.297. The molecule has 0 spiro atoms. The second-order valence-corrected chi connectivity index (χ2v) is 2.79. The first-order valence-corrected chi connectivity index (χ1v) is 4.21. The SMILES string of the molecule is C=Cc1ccccc1/C=C(\C)OC. The van der Waals surface area contributed by atoms with Gasteiger partial charge in [-0.25, -0.2) is 0 Å². The van der Waals surface area contributed by atoms with E-state index in [9.17, 15) is 0 Å². The van der Waals surface area contributed by atoms with E-state index in [1.54, 1.807) is 7.11 Å². The van der Waals surface area contributed by atoms with Gasteiger partial charge in [0.2, 0.25) is 0 Å². The van der Waals surface area contributed by atoms with E-state index in [2.05, 4.69) is 6.58 Å². The molecule has 0 radical (unpaired) electrons. The van der Waals surface area contributed by atoms with Crippen LogP contribution in [0.15, 0.2) is 36.6 Å². The van der Waals surface area contributed by atoms with Crippen molar-refractivity contribution in [3.05, 3.63) is 47.7 Å². The molecule has 1 aromatic carbocycles. The van der Waals surface area contributed by atoms with Gasteiger partial charge in [-0.3, -0.25) is 0 Å². The van der Waals surface area contributed by atoms with Crippen molar-refractivity contribution in [1.29, 1.82) is 0 Å². The summed E-state index contributed by atoms with van der Waals surface area (Å²) >= 11 is 0. The molecule has 68 valence electrons. The largest absolute Gasteiger partial charge is 0.501 e. The lowest BCUT2D eigenvalue weighted by atomic mass is 10.1. The number of ether oxygens (including phenoxy) is 1. The van der Waals surface area contributed by atoms with Crippen molar-refractivity contribution < 1.29 is 4.74 Å². The Morgan fingerprint density at radius 2 is 1.92 bits per heavy atom. The Labute approximate surface area is 79.4 Å². The first kappa shape index (κ1) is 9.59. The van der Waals surface area contributed by atoms with Crippen molar-refractivity contribution in [3.8, 4) is 0 Å². The van der Waals surface area contributed by atoms with Crippen LogP contribution < -0.4 is 0 Å². The summed E-state index contributed by atoms with van der Waals surface area (Å²) in [6, 6.07) is 8.07. The zero-order chi connectivity index (χ0) is 9.68. The summed E-state index contributed by atoms with van der Waals surface area (Å²) in [6.07, 6.45) is 3.84. The van der Waals surface area contributed by atoms with Crippen molar-refractivity contribution in [2.75, 3.05) is 7.11 Å². The lowest BCUT2D eigenvalue weighted by Crippen LogP contribution is -1.83. The fraction of sp³-hybridized carbons (Fsp3) is 0.167. The van der Waals surface area contributed by atoms with E-state index in [-0.39, 0.29) is 0 Å². The van der Waals surface area contributed by atoms with Crippen LogP contribution in [0.25, 0.3) is 12.2 Å². The van der Waals surface area contributed by atoms with Gasteiger partial charge < -0.3 is 4.74 Å². The highest BCUT2D eigenvalue weighted by atomic mass is 16.5. The highest BCUT2D eigenvalue weighted by molar-refractivity contribution is 5.64. The molecule has 0 bridgehead atoms. The van der Waals surface area contributed by atoms with E-state index >= 15 is 0 Å². The number of rotatable bonds is 3. The van der Waals surface area contributed by atoms with Crippen LogP contribution in [-0.2, 0) is 4.74 Å². The lowest BCUT2D eigenvalue weighted by Gasteiger charge is -2.02. The molecule has 0 N–H and O–H groups in total. The Morgan fingerprint density at radius 3 is 2.46 bits per heavy atom. The second kappa shape index (κ2) is 4.51. The van der Waals surface area contributed by atoms with Crippen LogP contribution in [0.2, 0.25) is 0 Å². The predicted octanol–water partition coefficient (Wildman–Crippen LogP) is 3.34. The van der Waals surface area contributed by atoms with Crippen LogP contribution in [-0.4, -0.2) is 7.11 Å². The van der Waals surface area contributed by atoms with Crippen LogP contribution in [0, 0.1) is 0 Å². The summed E-state index contributed by atoms with van der Waals surface area (Å²) in [5, 5.41) is 0. The molecule has 0 aliphatic rings. The average Bonchev–Trinajstić information content (AvgIpc) is 2.18. The highest BCUT2D eigenvalue weighted by Gasteiger charge is 1.94. The molecule has 0 atom stereocenters. The first-order chi connectivity index (χ1) is 6.27. The van der Waals surface area contributed by atoms with Crippen LogP contribution >= 0.6 is 0 Å². The van der Waals surface area contributed by atoms with E-state index in [1.807, 2.05) is 43.3 Å². The van der Waals surface area contributed by atoms with Gasteiger partial charge in [-0.2, -0.15) is 0 Å². The van der Waals surface area contributed by atoms with Crippen LogP contribution in [0.5, 0.6) is 0 Å². The standard InChI is InChI=1S/C12H14O/c1-4-11-7-5-6-8-12(11)9-10(2)13-3/h4-9H,1H2,2-3H3/b10-9+. The van der Waals surface area contributed by atoms with Gasteiger partial charge in [-0.05, 0) is 24.1 Å². The van der Waals surface area contributed by atoms with Gasteiger partial charge in [0.05, 0.1) is 12.9 Å². The van der Waals surface area contributed by atoms with Crippen LogP contribution in [0.4, 0.5) is 0 Å². The maximum absolute atomic E-state index is 5.08. The Bertz CT molecular complexity index is 324. The summed E-state index contributed by atoms with van der Waals surface area (Å²) in [5.74, 6) is 0.898. The molecule has 0 amide bonds. The van der Waals surface area contributed by atoms with Crippen LogP contribution in [0.1, 0.15) is 18.1 Å². The minimum atomic E-state index is 0.898. The molecule has 0 saturated heterocycles. The summed E-state index contributed by atoms with van der Waals surface area (Å²) in [4.78, 5) is 0. The fourth-order valence-electron chi connectivity index (χ4n) is 1.11. The van der Waals surface area contributed by atoms with E-state index in [0.717, 1.165) is 16.9 Å². The summed E-state index contributed by atoms with van der Waals surface area (Å²) in [6.45, 7) is 5.69. The fourth-order valence-corrected chi connectivity index (χ4v) is 1.11. The van der Waals surface area contributed by atoms with Gasteiger partial charge >= 0.3 is 0 Å². The molecular weight excluding hydrogens is 160 g/mol. The van der Waals surface area contributed by atoms with Crippen molar-refractivity contribution in [2.45, 2.75) is 6.92 Å². The minimum absolute atomic E-state index is 0.898. The third kappa shape index (κ3) is 2.48. The zero-order valence-electron chi connectivity index (χ0n) is 8.08. The molecule has 0 aliphatic carbocycles. The van der Waals surface area contributed by atoms with Gasteiger partial charge in [0, 0.05) is 0 Å². The third-order valence-corrected chi connectivity index (χ3v) is 1.90. The second-order valence-electron chi connectivity index (χ2n) is 2.79. The number of benzene rings is 1. The minimum Gasteiger partial charge on any atom is -0.501 e. The first-order valence-electron chi connectivity index (χ1n) is 4.21. The van der Waals surface area contributed by atoms with Gasteiger partial charge in [0.25, 0.3) is 0 Å². The number of allylic oxidation sites excluding steroid dienone is 1. The van der Waals surface area contributed by atoms with Crippen molar-refractivity contribution >= 4 is 12.2 Å². The van der Waals surface area contributed by atoms with E-state index in [4.69, 9.17) is 4.74 Å². The maximum Gasteiger partial charge on any atom is 0.0930 e. The molecule has 0 aromatic heterocycles. The van der Waals surface area contributed by atoms with Gasteiger partial charge in [0.1, 0.15) is 0 Å². The molecule has 0 fully saturated rings. The molecular formula is C12H14O. The van der Waals surface area contributed by atoms with Crippen molar-refractivity contribution in [3.63, 3.8) is 0 Å². The Hall–Kier alpha value is -1.50. The molecule has 1 rings (SSSR count). The monoisotopic (exact) mass is 174 g/mol. The molecule has 13 heavy (non-hydrogen) atoms. The molecule has 1 aromatic rings. The topological polar surface area (TPSA) is 9.23 Å². The summed E-state index contributed by atoms with van der Waals surface area (Å²) in [7, 11) is 1.67. The average molecular weight is 174 g/mol. The normalized spacial score (nSPS) is 11.1. The smallest absolute Gasteiger partial charge is 0.0930 e. The van der Waals surface area contributed by atoms with Crippen molar-refractivity contribution in [1.82, 2.24) is 0 Å². The summed E-state index contributed by atoms with van der Waals surface area (Å²) < 4.78 is 5.08. The van der Waals surface area contributed by atoms with Gasteiger partial charge in [-0.15, -0.1) is 0 Å². The number of hydrogen-bond acceptors (Lipinski definition) is 1. The van der Waals surface area contributed by atoms with E-state index in [0.29, 0.717) is 0 Å². The molecule has 0 heterocycles. The third-order valence-electron chi connectivity index (χ3n) is 1.90. The van der Waals surface area contributed by atoms with Gasteiger partial charge in [0.15, 0.2) is 0 Å². The molecule has 1 heteroatoms. The van der Waals surface area contributed by atoms with Crippen LogP contribution in [0.3, 0.4) is 0 Å². The van der Waals surface area contributed by atoms with E-state index in [1.165, 1.54) is 0 Å². The van der Waals surface area contributed by atoms with Gasteiger partial charge in [-0.1, -0.05) is 36.9 Å². The van der Waals surface area contributed by atoms with Crippen molar-refractivity contribution in [2.24, 2.45) is 0 Å². The maximum atomic E-state index is 5.08. The summed E-state index contributed by atoms with van der Waals surface area (Å²) in [5.41, 5.74) is 2.26. The highest BCUT2D eigenvalue weighted by Crippen LogP contribution is 2.13. The quantitative estimate of drug-likeness (QED) is 0.638. The Kier molecular flexibility index (Phi) is 3.32. The Balaban J connectivity index is 3.06. The zero-order valence-corrected chi connectivity index (χ0v) is 8.08.